The number of halogens is 1. The molecule has 1 aliphatic heterocycles. The summed E-state index contributed by atoms with van der Waals surface area (Å²) in [5.74, 6) is -0.635. The number of nitrogens with one attached hydrogen (secondary N) is 2. The highest BCUT2D eigenvalue weighted by Gasteiger charge is 2.25. The molecule has 9 heteroatoms. The third kappa shape index (κ3) is 6.29. The Hall–Kier alpha value is -2.42. The Morgan fingerprint density at radius 3 is 2.23 bits per heavy atom. The van der Waals surface area contributed by atoms with Crippen LogP contribution in [0.2, 0.25) is 5.02 Å². The number of benzene rings is 2. The Morgan fingerprint density at radius 1 is 0.935 bits per heavy atom. The molecule has 0 bridgehead atoms. The molecule has 0 aliphatic carbocycles. The second-order valence-corrected chi connectivity index (χ2v) is 9.72. The summed E-state index contributed by atoms with van der Waals surface area (Å²) in [6, 6.07) is 12.8. The topological polar surface area (TPSA) is 95.6 Å². The molecule has 1 heterocycles. The zero-order valence-corrected chi connectivity index (χ0v) is 18.7. The molecule has 0 aromatic heterocycles. The molecule has 7 nitrogen and oxygen atoms in total. The first-order chi connectivity index (χ1) is 14.9. The fourth-order valence-corrected chi connectivity index (χ4v) is 5.13. The number of carbonyl (C=O) groups excluding carboxylic acids is 2. The van der Waals surface area contributed by atoms with Gasteiger partial charge in [0.15, 0.2) is 0 Å². The maximum Gasteiger partial charge on any atom is 0.252 e. The molecule has 0 unspecified atom stereocenters. The lowest BCUT2D eigenvalue weighted by Gasteiger charge is -2.20. The second kappa shape index (κ2) is 10.7. The molecular formula is C22H26ClN3O4S. The van der Waals surface area contributed by atoms with Gasteiger partial charge in [0.2, 0.25) is 15.9 Å². The van der Waals surface area contributed by atoms with Gasteiger partial charge in [0.1, 0.15) is 0 Å². The lowest BCUT2D eigenvalue weighted by Crippen LogP contribution is -2.31. The van der Waals surface area contributed by atoms with E-state index in [9.17, 15) is 18.0 Å². The van der Waals surface area contributed by atoms with Gasteiger partial charge in [-0.25, -0.2) is 8.42 Å². The number of rotatable bonds is 7. The van der Waals surface area contributed by atoms with E-state index in [4.69, 9.17) is 11.6 Å². The minimum Gasteiger partial charge on any atom is -0.351 e. The van der Waals surface area contributed by atoms with Crippen molar-refractivity contribution in [2.75, 3.05) is 25.0 Å². The highest BCUT2D eigenvalue weighted by molar-refractivity contribution is 7.89. The molecule has 31 heavy (non-hydrogen) atoms. The summed E-state index contributed by atoms with van der Waals surface area (Å²) < 4.78 is 27.2. The van der Waals surface area contributed by atoms with E-state index in [1.807, 2.05) is 0 Å². The predicted octanol–water partition coefficient (Wildman–Crippen LogP) is 3.66. The summed E-state index contributed by atoms with van der Waals surface area (Å²) in [5, 5.41) is 5.72. The van der Waals surface area contributed by atoms with Crippen LogP contribution in [0, 0.1) is 0 Å². The van der Waals surface area contributed by atoms with Crippen LogP contribution in [-0.4, -0.2) is 44.2 Å². The van der Waals surface area contributed by atoms with Crippen LogP contribution in [0.1, 0.15) is 42.5 Å². The van der Waals surface area contributed by atoms with E-state index in [1.54, 1.807) is 36.4 Å². The highest BCUT2D eigenvalue weighted by atomic mass is 35.5. The zero-order chi connectivity index (χ0) is 22.3. The third-order valence-electron chi connectivity index (χ3n) is 5.10. The third-order valence-corrected chi connectivity index (χ3v) is 7.34. The molecule has 3 rings (SSSR count). The van der Waals surface area contributed by atoms with Crippen molar-refractivity contribution in [2.45, 2.75) is 37.0 Å². The summed E-state index contributed by atoms with van der Waals surface area (Å²) in [6.07, 6.45) is 3.93. The Bertz CT molecular complexity index is 1020. The van der Waals surface area contributed by atoms with E-state index in [-0.39, 0.29) is 29.7 Å². The number of hydrogen-bond acceptors (Lipinski definition) is 4. The largest absolute Gasteiger partial charge is 0.351 e. The van der Waals surface area contributed by atoms with Crippen LogP contribution in [0.25, 0.3) is 0 Å². The van der Waals surface area contributed by atoms with Gasteiger partial charge < -0.3 is 10.6 Å². The highest BCUT2D eigenvalue weighted by Crippen LogP contribution is 2.22. The molecule has 1 fully saturated rings. The van der Waals surface area contributed by atoms with Crippen molar-refractivity contribution in [3.8, 4) is 0 Å². The predicted molar refractivity (Wildman–Crippen MR) is 121 cm³/mol. The molecule has 0 spiro atoms. The average Bonchev–Trinajstić information content (AvgIpc) is 3.04. The van der Waals surface area contributed by atoms with Crippen molar-refractivity contribution in [2.24, 2.45) is 0 Å². The normalized spacial score (nSPS) is 15.1. The van der Waals surface area contributed by atoms with Gasteiger partial charge in [-0.15, -0.1) is 0 Å². The van der Waals surface area contributed by atoms with E-state index < -0.39 is 10.0 Å². The van der Waals surface area contributed by atoms with Crippen LogP contribution >= 0.6 is 11.6 Å². The van der Waals surface area contributed by atoms with Crippen molar-refractivity contribution in [3.05, 3.63) is 59.1 Å². The lowest BCUT2D eigenvalue weighted by molar-refractivity contribution is -0.116. The van der Waals surface area contributed by atoms with Gasteiger partial charge in [0.05, 0.1) is 15.5 Å². The summed E-state index contributed by atoms with van der Waals surface area (Å²) >= 11 is 5.98. The Labute approximate surface area is 187 Å². The van der Waals surface area contributed by atoms with E-state index in [0.717, 1.165) is 25.7 Å². The first-order valence-electron chi connectivity index (χ1n) is 10.3. The van der Waals surface area contributed by atoms with Gasteiger partial charge >= 0.3 is 0 Å². The van der Waals surface area contributed by atoms with Crippen LogP contribution < -0.4 is 10.6 Å². The Morgan fingerprint density at radius 2 is 1.58 bits per heavy atom. The Kier molecular flexibility index (Phi) is 8.06. The summed E-state index contributed by atoms with van der Waals surface area (Å²) in [6.45, 7) is 1.23. The van der Waals surface area contributed by atoms with Crippen molar-refractivity contribution in [3.63, 3.8) is 0 Å². The van der Waals surface area contributed by atoms with E-state index >= 15 is 0 Å². The van der Waals surface area contributed by atoms with Gasteiger partial charge in [0.25, 0.3) is 5.91 Å². The monoisotopic (exact) mass is 463 g/mol. The van der Waals surface area contributed by atoms with Crippen LogP contribution in [0.5, 0.6) is 0 Å². The molecule has 1 saturated heterocycles. The number of nitrogens with zero attached hydrogens (tertiary/aromatic N) is 1. The average molecular weight is 464 g/mol. The quantitative estimate of drug-likeness (QED) is 0.654. The van der Waals surface area contributed by atoms with Gasteiger partial charge in [0, 0.05) is 31.7 Å². The van der Waals surface area contributed by atoms with E-state index in [1.165, 1.54) is 16.4 Å². The molecular weight excluding hydrogens is 438 g/mol. The number of anilines is 1. The number of amides is 2. The fraction of sp³-hybridized carbons (Fsp3) is 0.364. The number of sulfonamides is 1. The second-order valence-electron chi connectivity index (χ2n) is 7.38. The van der Waals surface area contributed by atoms with E-state index in [0.29, 0.717) is 29.4 Å². The van der Waals surface area contributed by atoms with Crippen molar-refractivity contribution >= 4 is 39.1 Å². The maximum absolute atomic E-state index is 12.8. The SMILES string of the molecule is O=C(CCNC(=O)c1ccccc1Cl)Nc1ccc(S(=O)(=O)N2CCCCCC2)cc1. The number of carbonyl (C=O) groups is 2. The Balaban J connectivity index is 1.50. The van der Waals surface area contributed by atoms with Gasteiger partial charge in [-0.2, -0.15) is 4.31 Å². The molecule has 0 atom stereocenters. The molecule has 2 N–H and O–H groups in total. The maximum atomic E-state index is 12.8. The van der Waals surface area contributed by atoms with Crippen LogP contribution in [-0.2, 0) is 14.8 Å². The van der Waals surface area contributed by atoms with Crippen molar-refractivity contribution in [1.29, 1.82) is 0 Å². The zero-order valence-electron chi connectivity index (χ0n) is 17.1. The van der Waals surface area contributed by atoms with Gasteiger partial charge in [-0.1, -0.05) is 36.6 Å². The van der Waals surface area contributed by atoms with Crippen molar-refractivity contribution in [1.82, 2.24) is 9.62 Å². The molecule has 0 radical (unpaired) electrons. The molecule has 2 aromatic carbocycles. The van der Waals surface area contributed by atoms with Gasteiger partial charge in [-0.05, 0) is 49.2 Å². The minimum absolute atomic E-state index is 0.0734. The van der Waals surface area contributed by atoms with Crippen LogP contribution in [0.15, 0.2) is 53.4 Å². The molecule has 1 aliphatic rings. The van der Waals surface area contributed by atoms with E-state index in [2.05, 4.69) is 10.6 Å². The molecule has 166 valence electrons. The minimum atomic E-state index is -3.52. The van der Waals surface area contributed by atoms with Crippen LogP contribution in [0.3, 0.4) is 0 Å². The lowest BCUT2D eigenvalue weighted by atomic mass is 10.2. The van der Waals surface area contributed by atoms with Crippen molar-refractivity contribution < 1.29 is 18.0 Å². The number of hydrogen-bond donors (Lipinski definition) is 2. The van der Waals surface area contributed by atoms with Gasteiger partial charge in [-0.3, -0.25) is 9.59 Å². The molecule has 2 aromatic rings. The standard InChI is InChI=1S/C22H26ClN3O4S/c23-20-8-4-3-7-19(20)22(28)24-14-13-21(27)25-17-9-11-18(12-10-17)31(29,30)26-15-5-1-2-6-16-26/h3-4,7-12H,1-2,5-6,13-16H2,(H,24,28)(H,25,27). The fourth-order valence-electron chi connectivity index (χ4n) is 3.39. The first-order valence-corrected chi connectivity index (χ1v) is 12.1. The smallest absolute Gasteiger partial charge is 0.252 e. The summed E-state index contributed by atoms with van der Waals surface area (Å²) in [7, 11) is -3.52. The first kappa shape index (κ1) is 23.2. The molecule has 2 amide bonds. The van der Waals surface area contributed by atoms with Crippen LogP contribution in [0.4, 0.5) is 5.69 Å². The summed E-state index contributed by atoms with van der Waals surface area (Å²) in [5.41, 5.74) is 0.850. The molecule has 0 saturated carbocycles. The summed E-state index contributed by atoms with van der Waals surface area (Å²) in [4.78, 5) is 24.5.